The molecule has 0 saturated carbocycles. The Morgan fingerprint density at radius 1 is 1.61 bits per heavy atom. The van der Waals surface area contributed by atoms with Crippen LogP contribution in [0.15, 0.2) is 17.4 Å². The van der Waals surface area contributed by atoms with Crippen LogP contribution in [-0.2, 0) is 0 Å². The average molecular weight is 267 g/mol. The molecule has 1 aromatic rings. The van der Waals surface area contributed by atoms with Crippen molar-refractivity contribution in [3.63, 3.8) is 0 Å². The molecule has 3 N–H and O–H groups in total. The highest BCUT2D eigenvalue weighted by molar-refractivity contribution is 8.00. The maximum absolute atomic E-state index is 8.66. The van der Waals surface area contributed by atoms with E-state index >= 15 is 0 Å². The molecule has 0 aromatic carbocycles. The summed E-state index contributed by atoms with van der Waals surface area (Å²) in [5.41, 5.74) is 5.98. The molecule has 0 atom stereocenters. The van der Waals surface area contributed by atoms with Crippen LogP contribution in [0.25, 0.3) is 0 Å². The Morgan fingerprint density at radius 2 is 2.39 bits per heavy atom. The predicted molar refractivity (Wildman–Crippen MR) is 73.3 cm³/mol. The standard InChI is InChI=1S/C11H17N5OS/c1-11(2)7-16(5-6-18-11)10-13-4-3-8(14-10)9(12)15-17/h3-4,17H,5-7H2,1-2H3,(H2,12,15). The molecule has 1 aliphatic rings. The lowest BCUT2D eigenvalue weighted by molar-refractivity contribution is 0.318. The van der Waals surface area contributed by atoms with E-state index in [9.17, 15) is 0 Å². The minimum Gasteiger partial charge on any atom is -0.409 e. The molecular formula is C11H17N5OS. The van der Waals surface area contributed by atoms with Gasteiger partial charge in [-0.1, -0.05) is 5.16 Å². The number of oxime groups is 1. The number of anilines is 1. The zero-order chi connectivity index (χ0) is 13.2. The first-order chi connectivity index (χ1) is 8.52. The van der Waals surface area contributed by atoms with Crippen LogP contribution in [0, 0.1) is 0 Å². The Balaban J connectivity index is 2.23. The van der Waals surface area contributed by atoms with Crippen molar-refractivity contribution in [3.8, 4) is 0 Å². The highest BCUT2D eigenvalue weighted by atomic mass is 32.2. The second kappa shape index (κ2) is 5.01. The van der Waals surface area contributed by atoms with Crippen molar-refractivity contribution in [2.45, 2.75) is 18.6 Å². The third-order valence-electron chi connectivity index (χ3n) is 2.72. The zero-order valence-corrected chi connectivity index (χ0v) is 11.3. The summed E-state index contributed by atoms with van der Waals surface area (Å²) in [4.78, 5) is 10.7. The molecule has 0 spiro atoms. The number of hydrogen-bond donors (Lipinski definition) is 2. The van der Waals surface area contributed by atoms with Crippen LogP contribution >= 0.6 is 11.8 Å². The highest BCUT2D eigenvalue weighted by Crippen LogP contribution is 2.30. The highest BCUT2D eigenvalue weighted by Gasteiger charge is 2.28. The number of nitrogens with zero attached hydrogens (tertiary/aromatic N) is 4. The first-order valence-corrected chi connectivity index (χ1v) is 6.70. The molecule has 2 heterocycles. The van der Waals surface area contributed by atoms with Crippen molar-refractivity contribution in [2.24, 2.45) is 10.9 Å². The van der Waals surface area contributed by atoms with E-state index in [-0.39, 0.29) is 10.6 Å². The number of thioether (sulfide) groups is 1. The van der Waals surface area contributed by atoms with E-state index in [1.807, 2.05) is 11.8 Å². The van der Waals surface area contributed by atoms with Gasteiger partial charge in [-0.15, -0.1) is 0 Å². The van der Waals surface area contributed by atoms with Crippen LogP contribution < -0.4 is 10.6 Å². The quantitative estimate of drug-likeness (QED) is 0.358. The van der Waals surface area contributed by atoms with Gasteiger partial charge in [-0.05, 0) is 19.9 Å². The van der Waals surface area contributed by atoms with Gasteiger partial charge in [-0.25, -0.2) is 9.97 Å². The van der Waals surface area contributed by atoms with Crippen LogP contribution in [-0.4, -0.2) is 44.6 Å². The summed E-state index contributed by atoms with van der Waals surface area (Å²) in [6, 6.07) is 1.63. The van der Waals surface area contributed by atoms with Gasteiger partial charge in [0.1, 0.15) is 5.69 Å². The van der Waals surface area contributed by atoms with Crippen LogP contribution in [0.3, 0.4) is 0 Å². The Hall–Kier alpha value is -1.50. The molecule has 1 saturated heterocycles. The zero-order valence-electron chi connectivity index (χ0n) is 10.5. The molecule has 1 aliphatic heterocycles. The third kappa shape index (κ3) is 2.84. The molecule has 0 aliphatic carbocycles. The SMILES string of the molecule is CC1(C)CN(c2nccc(/C(N)=N/O)n2)CCS1. The maximum atomic E-state index is 8.66. The van der Waals surface area contributed by atoms with Crippen molar-refractivity contribution < 1.29 is 5.21 Å². The van der Waals surface area contributed by atoms with Gasteiger partial charge in [0.25, 0.3) is 0 Å². The molecule has 1 fully saturated rings. The fourth-order valence-corrected chi connectivity index (χ4v) is 2.99. The minimum absolute atomic E-state index is 0.00398. The number of rotatable bonds is 2. The molecule has 2 rings (SSSR count). The number of amidine groups is 1. The van der Waals surface area contributed by atoms with E-state index in [0.29, 0.717) is 11.6 Å². The van der Waals surface area contributed by atoms with E-state index in [1.54, 1.807) is 12.3 Å². The summed E-state index contributed by atoms with van der Waals surface area (Å²) < 4.78 is 0.189. The van der Waals surface area contributed by atoms with E-state index < -0.39 is 0 Å². The number of aromatic nitrogens is 2. The van der Waals surface area contributed by atoms with Crippen LogP contribution in [0.4, 0.5) is 5.95 Å². The Morgan fingerprint density at radius 3 is 3.06 bits per heavy atom. The first kappa shape index (κ1) is 12.9. The van der Waals surface area contributed by atoms with Gasteiger partial charge >= 0.3 is 0 Å². The molecule has 6 nitrogen and oxygen atoms in total. The lowest BCUT2D eigenvalue weighted by atomic mass is 10.2. The van der Waals surface area contributed by atoms with Crippen molar-refractivity contribution in [3.05, 3.63) is 18.0 Å². The van der Waals surface area contributed by atoms with Crippen LogP contribution in [0.5, 0.6) is 0 Å². The first-order valence-electron chi connectivity index (χ1n) is 5.72. The Kier molecular flexibility index (Phi) is 3.60. The molecule has 18 heavy (non-hydrogen) atoms. The van der Waals surface area contributed by atoms with Crippen molar-refractivity contribution in [2.75, 3.05) is 23.7 Å². The molecule has 0 amide bonds. The molecule has 0 radical (unpaired) electrons. The van der Waals surface area contributed by atoms with Crippen LogP contribution in [0.1, 0.15) is 19.5 Å². The van der Waals surface area contributed by atoms with Gasteiger partial charge in [0, 0.05) is 29.8 Å². The fourth-order valence-electron chi connectivity index (χ4n) is 1.88. The predicted octanol–water partition coefficient (Wildman–Crippen LogP) is 0.903. The van der Waals surface area contributed by atoms with Gasteiger partial charge in [0.2, 0.25) is 5.95 Å². The van der Waals surface area contributed by atoms with E-state index in [4.69, 9.17) is 10.9 Å². The number of hydrogen-bond acceptors (Lipinski definition) is 6. The summed E-state index contributed by atoms with van der Waals surface area (Å²) in [5.74, 6) is 1.68. The van der Waals surface area contributed by atoms with Gasteiger partial charge < -0.3 is 15.8 Å². The van der Waals surface area contributed by atoms with E-state index in [0.717, 1.165) is 18.8 Å². The molecule has 0 bridgehead atoms. The molecule has 7 heteroatoms. The summed E-state index contributed by atoms with van der Waals surface area (Å²) in [6.07, 6.45) is 1.63. The average Bonchev–Trinajstić information content (AvgIpc) is 2.37. The number of nitrogens with two attached hydrogens (primary N) is 1. The van der Waals surface area contributed by atoms with Gasteiger partial charge in [-0.3, -0.25) is 0 Å². The Bertz CT molecular complexity index is 463. The summed E-state index contributed by atoms with van der Waals surface area (Å²) in [5, 5.41) is 11.6. The molecule has 1 aromatic heterocycles. The Labute approximate surface area is 110 Å². The van der Waals surface area contributed by atoms with Crippen molar-refractivity contribution in [1.29, 1.82) is 0 Å². The van der Waals surface area contributed by atoms with E-state index in [2.05, 4.69) is 33.9 Å². The lowest BCUT2D eigenvalue weighted by Crippen LogP contribution is -2.44. The summed E-state index contributed by atoms with van der Waals surface area (Å²) in [6.45, 7) is 6.21. The monoisotopic (exact) mass is 267 g/mol. The van der Waals surface area contributed by atoms with E-state index in [1.165, 1.54) is 0 Å². The topological polar surface area (TPSA) is 87.6 Å². The third-order valence-corrected chi connectivity index (χ3v) is 4.02. The van der Waals surface area contributed by atoms with Crippen molar-refractivity contribution >= 4 is 23.5 Å². The second-order valence-electron chi connectivity index (χ2n) is 4.76. The van der Waals surface area contributed by atoms with Gasteiger partial charge in [0.05, 0.1) is 0 Å². The lowest BCUT2D eigenvalue weighted by Gasteiger charge is -2.37. The summed E-state index contributed by atoms with van der Waals surface area (Å²) >= 11 is 1.95. The smallest absolute Gasteiger partial charge is 0.226 e. The summed E-state index contributed by atoms with van der Waals surface area (Å²) in [7, 11) is 0. The van der Waals surface area contributed by atoms with Gasteiger partial charge in [0.15, 0.2) is 5.84 Å². The maximum Gasteiger partial charge on any atom is 0.226 e. The van der Waals surface area contributed by atoms with Crippen molar-refractivity contribution in [1.82, 2.24) is 9.97 Å². The normalized spacial score (nSPS) is 19.9. The second-order valence-corrected chi connectivity index (χ2v) is 6.56. The molecule has 98 valence electrons. The van der Waals surface area contributed by atoms with Gasteiger partial charge in [-0.2, -0.15) is 11.8 Å². The largest absolute Gasteiger partial charge is 0.409 e. The molecular weight excluding hydrogens is 250 g/mol. The van der Waals surface area contributed by atoms with Crippen LogP contribution in [0.2, 0.25) is 0 Å². The molecule has 0 unspecified atom stereocenters. The minimum atomic E-state index is 0.00398. The fraction of sp³-hybridized carbons (Fsp3) is 0.545.